The van der Waals surface area contributed by atoms with E-state index in [-0.39, 0.29) is 23.3 Å². The van der Waals surface area contributed by atoms with Gasteiger partial charge in [-0.1, -0.05) is 6.07 Å². The van der Waals surface area contributed by atoms with Crippen molar-refractivity contribution in [3.05, 3.63) is 33.9 Å². The van der Waals surface area contributed by atoms with Gasteiger partial charge in [-0.25, -0.2) is 0 Å². The molecule has 6 heteroatoms. The molecular formula is C12H14N2O4. The van der Waals surface area contributed by atoms with Crippen molar-refractivity contribution in [3.8, 4) is 5.75 Å². The van der Waals surface area contributed by atoms with Gasteiger partial charge in [0.2, 0.25) is 0 Å². The molecule has 96 valence electrons. The minimum absolute atomic E-state index is 0.0663. The number of rotatable bonds is 3. The molecule has 0 spiro atoms. The summed E-state index contributed by atoms with van der Waals surface area (Å²) >= 11 is 0. The molecule has 0 saturated carbocycles. The predicted octanol–water partition coefficient (Wildman–Crippen LogP) is 1.60. The minimum Gasteiger partial charge on any atom is -0.490 e. The van der Waals surface area contributed by atoms with Gasteiger partial charge < -0.3 is 10.1 Å². The normalized spacial score (nSPS) is 19.6. The molecule has 1 fully saturated rings. The van der Waals surface area contributed by atoms with E-state index in [2.05, 4.69) is 5.32 Å². The summed E-state index contributed by atoms with van der Waals surface area (Å²) in [7, 11) is 1.39. The average Bonchev–Trinajstić information content (AvgIpc) is 2.37. The number of hydrogen-bond donors (Lipinski definition) is 1. The number of ether oxygens (including phenoxy) is 1. The van der Waals surface area contributed by atoms with Crippen LogP contribution in [0.25, 0.3) is 0 Å². The van der Waals surface area contributed by atoms with Gasteiger partial charge >= 0.3 is 5.69 Å². The number of methoxy groups -OCH3 is 1. The molecule has 1 saturated heterocycles. The summed E-state index contributed by atoms with van der Waals surface area (Å²) in [6, 6.07) is 4.61. The van der Waals surface area contributed by atoms with E-state index >= 15 is 0 Å². The number of carbonyl (C=O) groups excluding carboxylic acids is 1. The van der Waals surface area contributed by atoms with Crippen molar-refractivity contribution in [1.29, 1.82) is 0 Å². The lowest BCUT2D eigenvalue weighted by Crippen LogP contribution is -2.31. The molecule has 1 aromatic carbocycles. The summed E-state index contributed by atoms with van der Waals surface area (Å²) in [6.45, 7) is 0.642. The Morgan fingerprint density at radius 2 is 2.28 bits per heavy atom. The largest absolute Gasteiger partial charge is 0.490 e. The first-order valence-electron chi connectivity index (χ1n) is 5.69. The second-order valence-electron chi connectivity index (χ2n) is 4.19. The lowest BCUT2D eigenvalue weighted by molar-refractivity contribution is -0.385. The topological polar surface area (TPSA) is 81.5 Å². The van der Waals surface area contributed by atoms with Crippen LogP contribution in [0.15, 0.2) is 18.2 Å². The number of nitro benzene ring substituents is 1. The van der Waals surface area contributed by atoms with E-state index in [1.165, 1.54) is 13.2 Å². The van der Waals surface area contributed by atoms with Gasteiger partial charge in [0.1, 0.15) is 5.78 Å². The molecular weight excluding hydrogens is 236 g/mol. The number of ketones is 1. The summed E-state index contributed by atoms with van der Waals surface area (Å²) in [6.07, 6.45) is 0.960. The quantitative estimate of drug-likeness (QED) is 0.650. The first kappa shape index (κ1) is 12.5. The van der Waals surface area contributed by atoms with Gasteiger partial charge in [-0.3, -0.25) is 14.9 Å². The Morgan fingerprint density at radius 1 is 1.50 bits per heavy atom. The molecule has 1 aliphatic rings. The molecule has 1 N–H and O–H groups in total. The highest BCUT2D eigenvalue weighted by Gasteiger charge is 2.23. The molecule has 0 aliphatic carbocycles. The van der Waals surface area contributed by atoms with Crippen LogP contribution in [0.5, 0.6) is 5.75 Å². The fourth-order valence-electron chi connectivity index (χ4n) is 2.09. The van der Waals surface area contributed by atoms with Gasteiger partial charge in [0, 0.05) is 31.5 Å². The van der Waals surface area contributed by atoms with E-state index in [1.807, 2.05) is 0 Å². The number of piperidine rings is 1. The second-order valence-corrected chi connectivity index (χ2v) is 4.19. The van der Waals surface area contributed by atoms with Crippen LogP contribution in [-0.2, 0) is 4.79 Å². The summed E-state index contributed by atoms with van der Waals surface area (Å²) in [5.74, 6) is 0.424. The third-order valence-corrected chi connectivity index (χ3v) is 3.03. The maximum atomic E-state index is 11.4. The van der Waals surface area contributed by atoms with Crippen molar-refractivity contribution in [3.63, 3.8) is 0 Å². The lowest BCUT2D eigenvalue weighted by Gasteiger charge is -2.23. The van der Waals surface area contributed by atoms with E-state index in [1.54, 1.807) is 12.1 Å². The number of hydrogen-bond acceptors (Lipinski definition) is 5. The maximum absolute atomic E-state index is 11.4. The third-order valence-electron chi connectivity index (χ3n) is 3.03. The highest BCUT2D eigenvalue weighted by molar-refractivity contribution is 5.80. The van der Waals surface area contributed by atoms with Gasteiger partial charge in [0.15, 0.2) is 5.75 Å². The van der Waals surface area contributed by atoms with Gasteiger partial charge in [-0.05, 0) is 11.6 Å². The van der Waals surface area contributed by atoms with Gasteiger partial charge in [0.05, 0.1) is 12.0 Å². The number of carbonyl (C=O) groups is 1. The number of nitrogens with one attached hydrogen (secondary N) is 1. The number of benzene rings is 1. The number of nitrogens with zero attached hydrogens (tertiary/aromatic N) is 1. The average molecular weight is 250 g/mol. The van der Waals surface area contributed by atoms with Crippen molar-refractivity contribution in [1.82, 2.24) is 5.32 Å². The third kappa shape index (κ3) is 2.48. The Bertz CT molecular complexity index is 487. The van der Waals surface area contributed by atoms with Crippen LogP contribution in [0.1, 0.15) is 24.4 Å². The molecule has 0 aromatic heterocycles. The van der Waals surface area contributed by atoms with E-state index in [0.717, 1.165) is 5.56 Å². The van der Waals surface area contributed by atoms with Gasteiger partial charge in [-0.15, -0.1) is 0 Å². The van der Waals surface area contributed by atoms with E-state index in [9.17, 15) is 14.9 Å². The van der Waals surface area contributed by atoms with Crippen LogP contribution in [0.2, 0.25) is 0 Å². The first-order chi connectivity index (χ1) is 8.61. The van der Waals surface area contributed by atoms with Crippen molar-refractivity contribution in [2.75, 3.05) is 13.7 Å². The van der Waals surface area contributed by atoms with Gasteiger partial charge in [-0.2, -0.15) is 0 Å². The van der Waals surface area contributed by atoms with Crippen LogP contribution >= 0.6 is 0 Å². The van der Waals surface area contributed by atoms with Gasteiger partial charge in [0.25, 0.3) is 0 Å². The van der Waals surface area contributed by atoms with Crippen LogP contribution in [0.4, 0.5) is 5.69 Å². The van der Waals surface area contributed by atoms with Crippen LogP contribution < -0.4 is 10.1 Å². The molecule has 18 heavy (non-hydrogen) atoms. The fourth-order valence-corrected chi connectivity index (χ4v) is 2.09. The Balaban J connectivity index is 2.29. The number of nitro groups is 1. The monoisotopic (exact) mass is 250 g/mol. The Hall–Kier alpha value is -1.95. The SMILES string of the molecule is COc1cc(C2CC(=O)CCN2)ccc1[N+](=O)[O-]. The number of Topliss-reactive ketones (excluding diaryl/α,β-unsaturated/α-hetero) is 1. The maximum Gasteiger partial charge on any atom is 0.310 e. The van der Waals surface area contributed by atoms with Crippen molar-refractivity contribution in [2.45, 2.75) is 18.9 Å². The molecule has 0 bridgehead atoms. The molecule has 1 aromatic rings. The first-order valence-corrected chi connectivity index (χ1v) is 5.69. The molecule has 2 rings (SSSR count). The summed E-state index contributed by atoms with van der Waals surface area (Å²) in [5, 5.41) is 14.0. The second kappa shape index (κ2) is 5.14. The van der Waals surface area contributed by atoms with Crippen LogP contribution in [0.3, 0.4) is 0 Å². The molecule has 1 atom stereocenters. The van der Waals surface area contributed by atoms with Crippen LogP contribution in [-0.4, -0.2) is 24.4 Å². The predicted molar refractivity (Wildman–Crippen MR) is 64.6 cm³/mol. The van der Waals surface area contributed by atoms with Crippen molar-refractivity contribution >= 4 is 11.5 Å². The summed E-state index contributed by atoms with van der Waals surface area (Å²) in [5.41, 5.74) is 0.772. The van der Waals surface area contributed by atoms with Crippen molar-refractivity contribution in [2.24, 2.45) is 0 Å². The van der Waals surface area contributed by atoms with E-state index in [0.29, 0.717) is 19.4 Å². The van der Waals surface area contributed by atoms with E-state index < -0.39 is 4.92 Å². The highest BCUT2D eigenvalue weighted by atomic mass is 16.6. The molecule has 1 heterocycles. The zero-order valence-electron chi connectivity index (χ0n) is 10.0. The molecule has 1 unspecified atom stereocenters. The summed E-state index contributed by atoms with van der Waals surface area (Å²) in [4.78, 5) is 21.7. The smallest absolute Gasteiger partial charge is 0.310 e. The minimum atomic E-state index is -0.484. The lowest BCUT2D eigenvalue weighted by atomic mass is 9.96. The molecule has 0 radical (unpaired) electrons. The van der Waals surface area contributed by atoms with Crippen molar-refractivity contribution < 1.29 is 14.5 Å². The Morgan fingerprint density at radius 3 is 2.89 bits per heavy atom. The Kier molecular flexibility index (Phi) is 3.57. The Labute approximate surface area is 104 Å². The fraction of sp³-hybridized carbons (Fsp3) is 0.417. The van der Waals surface area contributed by atoms with Crippen LogP contribution in [0, 0.1) is 10.1 Å². The zero-order chi connectivity index (χ0) is 13.1. The molecule has 1 aliphatic heterocycles. The molecule has 0 amide bonds. The summed E-state index contributed by atoms with van der Waals surface area (Å²) < 4.78 is 5.01. The zero-order valence-corrected chi connectivity index (χ0v) is 10.0. The van der Waals surface area contributed by atoms with E-state index in [4.69, 9.17) is 4.74 Å². The molecule has 6 nitrogen and oxygen atoms in total. The standard InChI is InChI=1S/C12H14N2O4/c1-18-12-6-8(2-3-11(12)14(16)17)10-7-9(15)4-5-13-10/h2-3,6,10,13H,4-5,7H2,1H3. The highest BCUT2D eigenvalue weighted by Crippen LogP contribution is 2.31.